The van der Waals surface area contributed by atoms with Crippen molar-refractivity contribution in [2.24, 2.45) is 0 Å². The first-order valence-electron chi connectivity index (χ1n) is 12.2. The molecule has 2 aromatic rings. The predicted octanol–water partition coefficient (Wildman–Crippen LogP) is 1.63. The molecule has 3 aliphatic heterocycles. The maximum atomic E-state index is 13.7. The Labute approximate surface area is 204 Å². The molecular formula is C26H31N3O6. The Kier molecular flexibility index (Phi) is 6.51. The van der Waals surface area contributed by atoms with E-state index >= 15 is 0 Å². The number of carbonyl (C=O) groups is 2. The highest BCUT2D eigenvalue weighted by Crippen LogP contribution is 2.30. The number of likely N-dealkylation sites (tertiary alicyclic amines) is 1. The molecule has 1 saturated heterocycles. The number of pyridine rings is 1. The maximum Gasteiger partial charge on any atom is 0.328 e. The van der Waals surface area contributed by atoms with Gasteiger partial charge in [0.05, 0.1) is 20.8 Å². The first kappa shape index (κ1) is 23.4. The van der Waals surface area contributed by atoms with Gasteiger partial charge in [-0.15, -0.1) is 0 Å². The largest absolute Gasteiger partial charge is 0.496 e. The quantitative estimate of drug-likeness (QED) is 0.600. The molecule has 1 fully saturated rings. The van der Waals surface area contributed by atoms with E-state index in [4.69, 9.17) is 14.2 Å². The number of rotatable bonds is 5. The van der Waals surface area contributed by atoms with Crippen molar-refractivity contribution < 1.29 is 23.8 Å². The number of aromatic nitrogens is 1. The number of benzene rings is 1. The second-order valence-corrected chi connectivity index (χ2v) is 9.27. The van der Waals surface area contributed by atoms with E-state index in [0.29, 0.717) is 50.3 Å². The van der Waals surface area contributed by atoms with Crippen molar-refractivity contribution in [3.05, 3.63) is 57.0 Å². The topological polar surface area (TPSA) is 90.3 Å². The van der Waals surface area contributed by atoms with Crippen molar-refractivity contribution in [1.82, 2.24) is 14.4 Å². The summed E-state index contributed by atoms with van der Waals surface area (Å²) in [5, 5.41) is 0. The van der Waals surface area contributed by atoms with Crippen molar-refractivity contribution in [1.29, 1.82) is 0 Å². The highest BCUT2D eigenvalue weighted by Gasteiger charge is 2.38. The number of hydrogen-bond acceptors (Lipinski definition) is 7. The number of fused-ring (bicyclic) bond motifs is 2. The number of ether oxygens (including phenoxy) is 3. The molecule has 9 nitrogen and oxygen atoms in total. The van der Waals surface area contributed by atoms with Gasteiger partial charge in [0.25, 0.3) is 11.5 Å². The molecule has 4 heterocycles. The van der Waals surface area contributed by atoms with Gasteiger partial charge >= 0.3 is 5.97 Å². The van der Waals surface area contributed by atoms with Crippen LogP contribution in [0.4, 0.5) is 0 Å². The van der Waals surface area contributed by atoms with Crippen LogP contribution in [0.3, 0.4) is 0 Å². The summed E-state index contributed by atoms with van der Waals surface area (Å²) in [6, 6.07) is 7.09. The normalized spacial score (nSPS) is 19.5. The standard InChI is InChI=1S/C26H31N3O6/c1-33-22-15-23(30)28-12-11-27(16-17-5-6-21-18(14-17)8-13-35-21)10-7-19(28)24(22)25(31)29-9-3-4-20(29)26(32)34-2/h5-6,14-15,20H,3-4,7-13,16H2,1-2H3/t20-/m0/s1. The zero-order valence-corrected chi connectivity index (χ0v) is 20.2. The molecule has 0 radical (unpaired) electrons. The van der Waals surface area contributed by atoms with E-state index in [1.807, 2.05) is 6.07 Å². The monoisotopic (exact) mass is 481 g/mol. The van der Waals surface area contributed by atoms with Crippen molar-refractivity contribution in [3.63, 3.8) is 0 Å². The van der Waals surface area contributed by atoms with Gasteiger partial charge in [0, 0.05) is 57.3 Å². The van der Waals surface area contributed by atoms with Gasteiger partial charge in [0.2, 0.25) is 0 Å². The lowest BCUT2D eigenvalue weighted by Gasteiger charge is -2.25. The fourth-order valence-electron chi connectivity index (χ4n) is 5.47. The lowest BCUT2D eigenvalue weighted by atomic mass is 10.1. The van der Waals surface area contributed by atoms with E-state index in [1.165, 1.54) is 31.4 Å². The number of nitrogens with zero attached hydrogens (tertiary/aromatic N) is 3. The van der Waals surface area contributed by atoms with Gasteiger partial charge in [-0.1, -0.05) is 12.1 Å². The second kappa shape index (κ2) is 9.73. The number of hydrogen-bond donors (Lipinski definition) is 0. The number of methoxy groups -OCH3 is 2. The summed E-state index contributed by atoms with van der Waals surface area (Å²) in [6.45, 7) is 3.82. The van der Waals surface area contributed by atoms with Crippen LogP contribution in [0.25, 0.3) is 0 Å². The third kappa shape index (κ3) is 4.40. The van der Waals surface area contributed by atoms with E-state index in [9.17, 15) is 14.4 Å². The highest BCUT2D eigenvalue weighted by molar-refractivity contribution is 6.00. The molecular weight excluding hydrogens is 450 g/mol. The zero-order valence-electron chi connectivity index (χ0n) is 20.2. The maximum absolute atomic E-state index is 13.7. The fourth-order valence-corrected chi connectivity index (χ4v) is 5.47. The van der Waals surface area contributed by atoms with E-state index in [1.54, 1.807) is 9.47 Å². The highest BCUT2D eigenvalue weighted by atomic mass is 16.5. The third-order valence-corrected chi connectivity index (χ3v) is 7.27. The van der Waals surface area contributed by atoms with Crippen LogP contribution in [-0.2, 0) is 35.5 Å². The predicted molar refractivity (Wildman–Crippen MR) is 128 cm³/mol. The Morgan fingerprint density at radius 1 is 1.09 bits per heavy atom. The van der Waals surface area contributed by atoms with Crippen LogP contribution in [0, 0.1) is 0 Å². The molecule has 0 spiro atoms. The van der Waals surface area contributed by atoms with Crippen molar-refractivity contribution in [2.75, 3.05) is 40.5 Å². The summed E-state index contributed by atoms with van der Waals surface area (Å²) in [7, 11) is 2.80. The molecule has 0 bridgehead atoms. The Bertz CT molecular complexity index is 1210. The van der Waals surface area contributed by atoms with Gasteiger partial charge in [0.15, 0.2) is 0 Å². The van der Waals surface area contributed by atoms with Gasteiger partial charge < -0.3 is 23.7 Å². The molecule has 1 aromatic heterocycles. The van der Waals surface area contributed by atoms with Crippen LogP contribution in [0.2, 0.25) is 0 Å². The molecule has 3 aliphatic rings. The van der Waals surface area contributed by atoms with Gasteiger partial charge in [-0.2, -0.15) is 0 Å². The lowest BCUT2D eigenvalue weighted by molar-refractivity contribution is -0.145. The van der Waals surface area contributed by atoms with Crippen LogP contribution in [-0.4, -0.2) is 72.7 Å². The molecule has 0 aliphatic carbocycles. The van der Waals surface area contributed by atoms with Gasteiger partial charge in [-0.25, -0.2) is 4.79 Å². The molecule has 1 amide bonds. The van der Waals surface area contributed by atoms with Crippen LogP contribution in [0.5, 0.6) is 11.5 Å². The third-order valence-electron chi connectivity index (χ3n) is 7.27. The minimum atomic E-state index is -0.615. The number of amides is 1. The van der Waals surface area contributed by atoms with E-state index in [0.717, 1.165) is 31.7 Å². The Morgan fingerprint density at radius 3 is 2.74 bits per heavy atom. The van der Waals surface area contributed by atoms with Crippen LogP contribution in [0.1, 0.15) is 40.0 Å². The van der Waals surface area contributed by atoms with Crippen molar-refractivity contribution in [2.45, 2.75) is 44.8 Å². The average Bonchev–Trinajstić information content (AvgIpc) is 3.50. The zero-order chi connectivity index (χ0) is 24.5. The summed E-state index contributed by atoms with van der Waals surface area (Å²) < 4.78 is 17.7. The molecule has 1 atom stereocenters. The van der Waals surface area contributed by atoms with E-state index < -0.39 is 12.0 Å². The summed E-state index contributed by atoms with van der Waals surface area (Å²) >= 11 is 0. The molecule has 0 N–H and O–H groups in total. The first-order chi connectivity index (χ1) is 17.0. The summed E-state index contributed by atoms with van der Waals surface area (Å²) in [5.74, 6) is 0.519. The molecule has 9 heteroatoms. The molecule has 0 saturated carbocycles. The Hall–Kier alpha value is -3.33. The van der Waals surface area contributed by atoms with Gasteiger partial charge in [0.1, 0.15) is 23.1 Å². The Balaban J connectivity index is 1.42. The molecule has 186 valence electrons. The lowest BCUT2D eigenvalue weighted by Crippen LogP contribution is -2.42. The molecule has 5 rings (SSSR count). The summed E-state index contributed by atoms with van der Waals surface area (Å²) in [4.78, 5) is 42.8. The van der Waals surface area contributed by atoms with Crippen molar-refractivity contribution >= 4 is 11.9 Å². The SMILES string of the molecule is COC(=O)[C@@H]1CCCN1C(=O)c1c(OC)cc(=O)n2c1CCN(Cc1ccc3c(c1)CCO3)CC2. The smallest absolute Gasteiger partial charge is 0.328 e. The summed E-state index contributed by atoms with van der Waals surface area (Å²) in [5.41, 5.74) is 3.30. The van der Waals surface area contributed by atoms with Crippen LogP contribution in [0.15, 0.2) is 29.1 Å². The molecule has 1 aromatic carbocycles. The first-order valence-corrected chi connectivity index (χ1v) is 12.2. The second-order valence-electron chi connectivity index (χ2n) is 9.27. The van der Waals surface area contributed by atoms with Crippen LogP contribution >= 0.6 is 0 Å². The Morgan fingerprint density at radius 2 is 1.94 bits per heavy atom. The average molecular weight is 482 g/mol. The van der Waals surface area contributed by atoms with Gasteiger partial charge in [-0.3, -0.25) is 14.5 Å². The van der Waals surface area contributed by atoms with E-state index in [2.05, 4.69) is 17.0 Å². The fraction of sp³-hybridized carbons (Fsp3) is 0.500. The van der Waals surface area contributed by atoms with Crippen molar-refractivity contribution in [3.8, 4) is 11.5 Å². The minimum absolute atomic E-state index is 0.184. The molecule has 0 unspecified atom stereocenters. The molecule has 35 heavy (non-hydrogen) atoms. The van der Waals surface area contributed by atoms with E-state index in [-0.39, 0.29) is 17.2 Å². The number of carbonyl (C=O) groups excluding carboxylic acids is 2. The summed E-state index contributed by atoms with van der Waals surface area (Å²) in [6.07, 6.45) is 2.74. The number of esters is 1. The van der Waals surface area contributed by atoms with Gasteiger partial charge in [-0.05, 0) is 30.0 Å². The minimum Gasteiger partial charge on any atom is -0.496 e. The van der Waals surface area contributed by atoms with Crippen LogP contribution < -0.4 is 15.0 Å².